The zero-order valence-corrected chi connectivity index (χ0v) is 13.1. The van der Waals surface area contributed by atoms with Crippen molar-refractivity contribution in [2.45, 2.75) is 45.1 Å². The number of aliphatic hydroxyl groups excluding tert-OH is 1. The Labute approximate surface area is 127 Å². The van der Waals surface area contributed by atoms with Gasteiger partial charge in [-0.15, -0.1) is 0 Å². The van der Waals surface area contributed by atoms with Gasteiger partial charge in [-0.25, -0.2) is 0 Å². The van der Waals surface area contributed by atoms with E-state index in [9.17, 15) is 5.11 Å². The maximum Gasteiger partial charge on any atom is 0.0928 e. The number of nitrogens with one attached hydrogen (secondary N) is 1. The van der Waals surface area contributed by atoms with Crippen molar-refractivity contribution in [2.24, 2.45) is 11.8 Å². The summed E-state index contributed by atoms with van der Waals surface area (Å²) in [7, 11) is 0. The molecule has 0 bridgehead atoms. The fourth-order valence-corrected chi connectivity index (χ4v) is 3.48. The van der Waals surface area contributed by atoms with E-state index in [1.165, 1.54) is 32.1 Å². The quantitative estimate of drug-likeness (QED) is 0.772. The minimum Gasteiger partial charge on any atom is -0.387 e. The second-order valence-electron chi connectivity index (χ2n) is 6.17. The van der Waals surface area contributed by atoms with Crippen molar-refractivity contribution in [3.8, 4) is 0 Å². The van der Waals surface area contributed by atoms with E-state index in [2.05, 4.69) is 12.2 Å². The topological polar surface area (TPSA) is 32.3 Å². The second-order valence-corrected chi connectivity index (χ2v) is 6.58. The lowest BCUT2D eigenvalue weighted by Gasteiger charge is -2.26. The molecule has 1 fully saturated rings. The molecule has 1 aromatic carbocycles. The molecule has 3 heteroatoms. The third-order valence-electron chi connectivity index (χ3n) is 4.38. The highest BCUT2D eigenvalue weighted by Gasteiger charge is 2.18. The van der Waals surface area contributed by atoms with E-state index < -0.39 is 6.10 Å². The highest BCUT2D eigenvalue weighted by Crippen LogP contribution is 2.30. The van der Waals surface area contributed by atoms with Crippen molar-refractivity contribution in [1.29, 1.82) is 0 Å². The Kier molecular flexibility index (Phi) is 6.34. The van der Waals surface area contributed by atoms with Gasteiger partial charge in [-0.3, -0.25) is 0 Å². The molecule has 1 aromatic rings. The normalized spacial score (nSPS) is 24.6. The Bertz CT molecular complexity index is 410. The van der Waals surface area contributed by atoms with Gasteiger partial charge in [-0.05, 0) is 37.3 Å². The third-order valence-corrected chi connectivity index (χ3v) is 4.72. The smallest absolute Gasteiger partial charge is 0.0928 e. The average molecular weight is 296 g/mol. The van der Waals surface area contributed by atoms with Crippen LogP contribution in [0.2, 0.25) is 5.02 Å². The van der Waals surface area contributed by atoms with E-state index in [-0.39, 0.29) is 0 Å². The van der Waals surface area contributed by atoms with Crippen molar-refractivity contribution in [3.05, 3.63) is 34.9 Å². The summed E-state index contributed by atoms with van der Waals surface area (Å²) in [4.78, 5) is 0. The lowest BCUT2D eigenvalue weighted by Crippen LogP contribution is -2.25. The Hall–Kier alpha value is -0.570. The first kappa shape index (κ1) is 15.8. The number of halogens is 1. The molecule has 1 aliphatic rings. The van der Waals surface area contributed by atoms with Crippen LogP contribution in [0.15, 0.2) is 24.3 Å². The largest absolute Gasteiger partial charge is 0.387 e. The molecule has 2 rings (SSSR count). The Balaban J connectivity index is 1.67. The van der Waals surface area contributed by atoms with Crippen molar-refractivity contribution in [2.75, 3.05) is 13.1 Å². The maximum absolute atomic E-state index is 10.1. The summed E-state index contributed by atoms with van der Waals surface area (Å²) >= 11 is 6.08. The number of hydrogen-bond donors (Lipinski definition) is 2. The molecule has 0 heterocycles. The van der Waals surface area contributed by atoms with Crippen molar-refractivity contribution in [1.82, 2.24) is 5.32 Å². The van der Waals surface area contributed by atoms with E-state index in [1.807, 2.05) is 24.3 Å². The van der Waals surface area contributed by atoms with E-state index in [1.54, 1.807) is 0 Å². The first-order valence-corrected chi connectivity index (χ1v) is 8.18. The van der Waals surface area contributed by atoms with Crippen molar-refractivity contribution in [3.63, 3.8) is 0 Å². The van der Waals surface area contributed by atoms with Crippen LogP contribution in [0.3, 0.4) is 0 Å². The van der Waals surface area contributed by atoms with Gasteiger partial charge in [0, 0.05) is 17.1 Å². The third kappa shape index (κ3) is 4.76. The molecule has 3 unspecified atom stereocenters. The molecule has 0 saturated heterocycles. The SMILES string of the molecule is CC1CCCC(CCNCC(O)c2ccccc2Cl)C1. The molecule has 0 aliphatic heterocycles. The van der Waals surface area contributed by atoms with Crippen LogP contribution in [-0.4, -0.2) is 18.2 Å². The molecule has 0 spiro atoms. The molecule has 20 heavy (non-hydrogen) atoms. The molecule has 2 N–H and O–H groups in total. The predicted molar refractivity (Wildman–Crippen MR) is 85.0 cm³/mol. The first-order chi connectivity index (χ1) is 9.66. The van der Waals surface area contributed by atoms with Crippen molar-refractivity contribution >= 4 is 11.6 Å². The van der Waals surface area contributed by atoms with Crippen LogP contribution in [0.25, 0.3) is 0 Å². The van der Waals surface area contributed by atoms with Gasteiger partial charge in [0.15, 0.2) is 0 Å². The monoisotopic (exact) mass is 295 g/mol. The van der Waals surface area contributed by atoms with Gasteiger partial charge in [0.1, 0.15) is 0 Å². The Morgan fingerprint density at radius 2 is 2.15 bits per heavy atom. The molecule has 1 aliphatic carbocycles. The van der Waals surface area contributed by atoms with Crippen LogP contribution in [0.1, 0.15) is 50.7 Å². The van der Waals surface area contributed by atoms with Crippen LogP contribution in [0.5, 0.6) is 0 Å². The second kappa shape index (κ2) is 8.02. The van der Waals surface area contributed by atoms with Crippen molar-refractivity contribution < 1.29 is 5.11 Å². The molecular weight excluding hydrogens is 270 g/mol. The fourth-order valence-electron chi connectivity index (χ4n) is 3.22. The number of benzene rings is 1. The highest BCUT2D eigenvalue weighted by molar-refractivity contribution is 6.31. The van der Waals surface area contributed by atoms with Gasteiger partial charge in [-0.1, -0.05) is 56.0 Å². The van der Waals surface area contributed by atoms with Crippen LogP contribution < -0.4 is 5.32 Å². The standard InChI is InChI=1S/C17H26ClNO/c1-13-5-4-6-14(11-13)9-10-19-12-17(20)15-7-2-3-8-16(15)18/h2-3,7-8,13-14,17,19-20H,4-6,9-12H2,1H3. The lowest BCUT2D eigenvalue weighted by molar-refractivity contribution is 0.172. The summed E-state index contributed by atoms with van der Waals surface area (Å²) in [6.07, 6.45) is 6.23. The predicted octanol–water partition coefficient (Wildman–Crippen LogP) is 4.18. The molecule has 1 saturated carbocycles. The van der Waals surface area contributed by atoms with Gasteiger partial charge < -0.3 is 10.4 Å². The van der Waals surface area contributed by atoms with Crippen LogP contribution in [0.4, 0.5) is 0 Å². The van der Waals surface area contributed by atoms with E-state index in [4.69, 9.17) is 11.6 Å². The highest BCUT2D eigenvalue weighted by atomic mass is 35.5. The van der Waals surface area contributed by atoms with E-state index in [0.29, 0.717) is 11.6 Å². The first-order valence-electron chi connectivity index (χ1n) is 7.80. The van der Waals surface area contributed by atoms with Gasteiger partial charge in [0.25, 0.3) is 0 Å². The maximum atomic E-state index is 10.1. The molecule has 0 amide bonds. The number of aliphatic hydroxyl groups is 1. The molecule has 3 atom stereocenters. The van der Waals surface area contributed by atoms with Gasteiger partial charge in [0.2, 0.25) is 0 Å². The zero-order valence-electron chi connectivity index (χ0n) is 12.3. The number of rotatable bonds is 6. The molecule has 0 aromatic heterocycles. The summed E-state index contributed by atoms with van der Waals surface area (Å²) in [6.45, 7) is 3.92. The summed E-state index contributed by atoms with van der Waals surface area (Å²) < 4.78 is 0. The van der Waals surface area contributed by atoms with Crippen LogP contribution >= 0.6 is 11.6 Å². The van der Waals surface area contributed by atoms with Gasteiger partial charge in [-0.2, -0.15) is 0 Å². The fraction of sp³-hybridized carbons (Fsp3) is 0.647. The van der Waals surface area contributed by atoms with Crippen LogP contribution in [-0.2, 0) is 0 Å². The van der Waals surface area contributed by atoms with Crippen LogP contribution in [0, 0.1) is 11.8 Å². The Morgan fingerprint density at radius 3 is 2.90 bits per heavy atom. The minimum absolute atomic E-state index is 0.519. The molecule has 112 valence electrons. The molecule has 2 nitrogen and oxygen atoms in total. The molecular formula is C17H26ClNO. The number of hydrogen-bond acceptors (Lipinski definition) is 2. The summed E-state index contributed by atoms with van der Waals surface area (Å²) in [5.74, 6) is 1.76. The van der Waals surface area contributed by atoms with Gasteiger partial charge >= 0.3 is 0 Å². The van der Waals surface area contributed by atoms with E-state index >= 15 is 0 Å². The lowest BCUT2D eigenvalue weighted by atomic mass is 9.81. The summed E-state index contributed by atoms with van der Waals surface area (Å²) in [5, 5.41) is 14.1. The van der Waals surface area contributed by atoms with E-state index in [0.717, 1.165) is 23.9 Å². The average Bonchev–Trinajstić information content (AvgIpc) is 2.44. The minimum atomic E-state index is -0.519. The Morgan fingerprint density at radius 1 is 1.35 bits per heavy atom. The van der Waals surface area contributed by atoms with Gasteiger partial charge in [0.05, 0.1) is 6.10 Å². The summed E-state index contributed by atoms with van der Waals surface area (Å²) in [5.41, 5.74) is 0.813. The summed E-state index contributed by atoms with van der Waals surface area (Å²) in [6, 6.07) is 7.51. The zero-order chi connectivity index (χ0) is 14.4. The molecule has 0 radical (unpaired) electrons.